The Labute approximate surface area is 178 Å². The van der Waals surface area contributed by atoms with Gasteiger partial charge in [-0.25, -0.2) is 9.97 Å². The summed E-state index contributed by atoms with van der Waals surface area (Å²) in [5.74, 6) is 2.66. The zero-order chi connectivity index (χ0) is 20.9. The van der Waals surface area contributed by atoms with E-state index < -0.39 is 0 Å². The minimum atomic E-state index is 0.0133. The van der Waals surface area contributed by atoms with Crippen molar-refractivity contribution >= 4 is 10.9 Å². The van der Waals surface area contributed by atoms with Gasteiger partial charge in [-0.15, -0.1) is 0 Å². The number of ether oxygens (including phenoxy) is 4. The van der Waals surface area contributed by atoms with E-state index in [0.29, 0.717) is 11.8 Å². The molecule has 0 amide bonds. The van der Waals surface area contributed by atoms with Gasteiger partial charge in [-0.05, 0) is 52.7 Å². The summed E-state index contributed by atoms with van der Waals surface area (Å²) >= 11 is 0. The van der Waals surface area contributed by atoms with Crippen molar-refractivity contribution in [3.05, 3.63) is 18.5 Å². The Morgan fingerprint density at radius 2 is 1.87 bits per heavy atom. The van der Waals surface area contributed by atoms with Crippen molar-refractivity contribution < 1.29 is 18.9 Å². The average molecular weight is 416 g/mol. The maximum absolute atomic E-state index is 6.41. The minimum absolute atomic E-state index is 0.0133. The van der Waals surface area contributed by atoms with Crippen LogP contribution < -0.4 is 14.2 Å². The molecule has 2 aromatic rings. The van der Waals surface area contributed by atoms with Crippen LogP contribution in [0.15, 0.2) is 18.5 Å². The summed E-state index contributed by atoms with van der Waals surface area (Å²) in [5.41, 5.74) is 0.781. The summed E-state index contributed by atoms with van der Waals surface area (Å²) in [6.45, 7) is 8.41. The zero-order valence-corrected chi connectivity index (χ0v) is 18.3. The van der Waals surface area contributed by atoms with Gasteiger partial charge in [0.25, 0.3) is 0 Å². The van der Waals surface area contributed by atoms with Gasteiger partial charge in [0.15, 0.2) is 0 Å². The molecule has 164 valence electrons. The second-order valence-electron chi connectivity index (χ2n) is 8.65. The maximum atomic E-state index is 6.41. The minimum Gasteiger partial charge on any atom is -0.493 e. The molecule has 4 rings (SSSR count). The summed E-state index contributed by atoms with van der Waals surface area (Å²) in [6, 6.07) is 3.94. The van der Waals surface area contributed by atoms with E-state index in [1.807, 2.05) is 26.0 Å². The number of likely N-dealkylation sites (tertiary alicyclic amines) is 1. The van der Waals surface area contributed by atoms with Crippen molar-refractivity contribution in [3.63, 3.8) is 0 Å². The van der Waals surface area contributed by atoms with E-state index in [4.69, 9.17) is 18.9 Å². The SMILES string of the molecule is CC(C)Oc1ncnc2cc(OCC3CCN(C)CC3)cc(OC3CCOCC3)c12. The summed E-state index contributed by atoms with van der Waals surface area (Å²) in [4.78, 5) is 11.2. The van der Waals surface area contributed by atoms with Gasteiger partial charge < -0.3 is 23.8 Å². The van der Waals surface area contributed by atoms with Crippen LogP contribution in [-0.4, -0.2) is 67.0 Å². The van der Waals surface area contributed by atoms with Crippen molar-refractivity contribution in [1.29, 1.82) is 0 Å². The predicted molar refractivity (Wildman–Crippen MR) is 115 cm³/mol. The van der Waals surface area contributed by atoms with Crippen LogP contribution in [0.2, 0.25) is 0 Å². The van der Waals surface area contributed by atoms with Crippen molar-refractivity contribution in [1.82, 2.24) is 14.9 Å². The van der Waals surface area contributed by atoms with E-state index in [9.17, 15) is 0 Å². The highest BCUT2D eigenvalue weighted by molar-refractivity contribution is 5.91. The molecule has 0 unspecified atom stereocenters. The third-order valence-corrected chi connectivity index (χ3v) is 5.77. The van der Waals surface area contributed by atoms with E-state index in [-0.39, 0.29) is 12.2 Å². The number of benzene rings is 1. The lowest BCUT2D eigenvalue weighted by Crippen LogP contribution is -2.32. The van der Waals surface area contributed by atoms with E-state index in [2.05, 4.69) is 21.9 Å². The molecule has 2 fully saturated rings. The molecule has 0 N–H and O–H groups in total. The number of piperidine rings is 1. The first-order valence-electron chi connectivity index (χ1n) is 11.1. The number of hydrogen-bond acceptors (Lipinski definition) is 7. The average Bonchev–Trinajstić information content (AvgIpc) is 2.74. The Kier molecular flexibility index (Phi) is 6.89. The van der Waals surface area contributed by atoms with Crippen LogP contribution >= 0.6 is 0 Å². The number of aromatic nitrogens is 2. The highest BCUT2D eigenvalue weighted by Crippen LogP contribution is 2.37. The van der Waals surface area contributed by atoms with Crippen molar-refractivity contribution in [2.45, 2.75) is 51.7 Å². The molecule has 1 aromatic carbocycles. The first-order chi connectivity index (χ1) is 14.6. The maximum Gasteiger partial charge on any atom is 0.228 e. The molecule has 2 saturated heterocycles. The molecule has 0 saturated carbocycles. The zero-order valence-electron chi connectivity index (χ0n) is 18.3. The molecule has 7 nitrogen and oxygen atoms in total. The van der Waals surface area contributed by atoms with Crippen LogP contribution in [0.5, 0.6) is 17.4 Å². The Bertz CT molecular complexity index is 831. The van der Waals surface area contributed by atoms with Gasteiger partial charge in [0.1, 0.15) is 29.3 Å². The predicted octanol–water partition coefficient (Wildman–Crippen LogP) is 3.70. The molecule has 0 spiro atoms. The lowest BCUT2D eigenvalue weighted by Gasteiger charge is -2.29. The van der Waals surface area contributed by atoms with Gasteiger partial charge in [-0.1, -0.05) is 0 Å². The smallest absolute Gasteiger partial charge is 0.228 e. The molecule has 2 aliphatic heterocycles. The highest BCUT2D eigenvalue weighted by Gasteiger charge is 2.22. The van der Waals surface area contributed by atoms with E-state index in [1.165, 1.54) is 12.8 Å². The fourth-order valence-electron chi connectivity index (χ4n) is 4.01. The second-order valence-corrected chi connectivity index (χ2v) is 8.65. The summed E-state index contributed by atoms with van der Waals surface area (Å²) in [5, 5.41) is 0.810. The Morgan fingerprint density at radius 3 is 2.60 bits per heavy atom. The molecule has 1 aromatic heterocycles. The van der Waals surface area contributed by atoms with Crippen LogP contribution in [0.4, 0.5) is 0 Å². The summed E-state index contributed by atoms with van der Waals surface area (Å²) < 4.78 is 24.1. The van der Waals surface area contributed by atoms with Gasteiger partial charge in [0.2, 0.25) is 5.88 Å². The first kappa shape index (κ1) is 21.1. The largest absolute Gasteiger partial charge is 0.493 e. The number of fused-ring (bicyclic) bond motifs is 1. The molecule has 3 heterocycles. The van der Waals surface area contributed by atoms with E-state index in [0.717, 1.165) is 68.2 Å². The molecule has 30 heavy (non-hydrogen) atoms. The third-order valence-electron chi connectivity index (χ3n) is 5.77. The van der Waals surface area contributed by atoms with E-state index in [1.54, 1.807) is 6.33 Å². The number of nitrogens with zero attached hydrogens (tertiary/aromatic N) is 3. The normalized spacial score (nSPS) is 19.3. The number of rotatable bonds is 7. The molecule has 0 atom stereocenters. The van der Waals surface area contributed by atoms with Crippen LogP contribution in [0.1, 0.15) is 39.5 Å². The van der Waals surface area contributed by atoms with Gasteiger partial charge in [-0.3, -0.25) is 0 Å². The molecule has 0 radical (unpaired) electrons. The number of hydrogen-bond donors (Lipinski definition) is 0. The molecule has 0 aliphatic carbocycles. The van der Waals surface area contributed by atoms with Gasteiger partial charge in [0.05, 0.1) is 31.4 Å². The Balaban J connectivity index is 1.59. The standard InChI is InChI=1S/C23H33N3O4/c1-16(2)29-23-22-20(24-15-25-23)12-19(28-14-17-4-8-26(3)9-5-17)13-21(22)30-18-6-10-27-11-7-18/h12-13,15-18H,4-11,14H2,1-3H3. The van der Waals surface area contributed by atoms with Gasteiger partial charge in [-0.2, -0.15) is 0 Å². The first-order valence-corrected chi connectivity index (χ1v) is 11.1. The Morgan fingerprint density at radius 1 is 1.10 bits per heavy atom. The topological polar surface area (TPSA) is 65.9 Å². The van der Waals surface area contributed by atoms with Crippen LogP contribution in [0.3, 0.4) is 0 Å². The van der Waals surface area contributed by atoms with Crippen molar-refractivity contribution in [2.24, 2.45) is 5.92 Å². The van der Waals surface area contributed by atoms with Gasteiger partial charge in [0, 0.05) is 25.0 Å². The molecule has 2 aliphatic rings. The van der Waals surface area contributed by atoms with E-state index >= 15 is 0 Å². The summed E-state index contributed by atoms with van der Waals surface area (Å²) in [7, 11) is 2.18. The Hall–Kier alpha value is -2.12. The molecular weight excluding hydrogens is 382 g/mol. The molecule has 7 heteroatoms. The van der Waals surface area contributed by atoms with Crippen LogP contribution in [0, 0.1) is 5.92 Å². The second kappa shape index (κ2) is 9.79. The van der Waals surface area contributed by atoms with Crippen LogP contribution in [0.25, 0.3) is 10.9 Å². The quantitative estimate of drug-likeness (QED) is 0.683. The summed E-state index contributed by atoms with van der Waals surface area (Å²) in [6.07, 6.45) is 5.75. The lowest BCUT2D eigenvalue weighted by molar-refractivity contribution is 0.0260. The third kappa shape index (κ3) is 5.32. The van der Waals surface area contributed by atoms with Crippen LogP contribution in [-0.2, 0) is 4.74 Å². The molecule has 0 bridgehead atoms. The van der Waals surface area contributed by atoms with Crippen molar-refractivity contribution in [3.8, 4) is 17.4 Å². The van der Waals surface area contributed by atoms with Gasteiger partial charge >= 0.3 is 0 Å². The monoisotopic (exact) mass is 415 g/mol. The highest BCUT2D eigenvalue weighted by atomic mass is 16.5. The molecular formula is C23H33N3O4. The lowest BCUT2D eigenvalue weighted by atomic mass is 9.98. The van der Waals surface area contributed by atoms with Crippen molar-refractivity contribution in [2.75, 3.05) is 40.0 Å². The fraction of sp³-hybridized carbons (Fsp3) is 0.652. The fourth-order valence-corrected chi connectivity index (χ4v) is 4.01.